The molecule has 7 rings (SSSR count). The van der Waals surface area contributed by atoms with Gasteiger partial charge in [0.15, 0.2) is 5.60 Å². The molecule has 0 unspecified atom stereocenters. The summed E-state index contributed by atoms with van der Waals surface area (Å²) in [6.07, 6.45) is 8.36. The largest absolute Gasteiger partial charge is 0.449 e. The lowest BCUT2D eigenvalue weighted by Crippen LogP contribution is -2.48. The average molecular weight is 418 g/mol. The summed E-state index contributed by atoms with van der Waals surface area (Å²) in [5, 5.41) is 4.83. The van der Waals surface area contributed by atoms with Gasteiger partial charge in [0.2, 0.25) is 0 Å². The summed E-state index contributed by atoms with van der Waals surface area (Å²) < 4.78 is 6.04. The first-order valence-corrected chi connectivity index (χ1v) is 11.6. The number of fused-ring (bicyclic) bond motifs is 6. The van der Waals surface area contributed by atoms with Gasteiger partial charge in [-0.25, -0.2) is 4.79 Å². The van der Waals surface area contributed by atoms with Crippen LogP contribution in [0.1, 0.15) is 31.2 Å². The van der Waals surface area contributed by atoms with Crippen molar-refractivity contribution in [1.82, 2.24) is 4.90 Å². The fraction of sp³-hybridized carbons (Fsp3) is 0.276. The molecule has 0 aromatic heterocycles. The van der Waals surface area contributed by atoms with E-state index in [0.717, 1.165) is 41.5 Å². The zero-order valence-corrected chi connectivity index (χ0v) is 17.8. The molecule has 2 fully saturated rings. The summed E-state index contributed by atoms with van der Waals surface area (Å²) in [5.74, 6) is 6.74. The molecular formula is C29H23NO2. The van der Waals surface area contributed by atoms with Gasteiger partial charge in [-0.2, -0.15) is 0 Å². The molecule has 0 N–H and O–H groups in total. The Morgan fingerprint density at radius 2 is 1.78 bits per heavy atom. The summed E-state index contributed by atoms with van der Waals surface area (Å²) in [5.41, 5.74) is 2.51. The average Bonchev–Trinajstić information content (AvgIpc) is 3.31. The predicted octanol–water partition coefficient (Wildman–Crippen LogP) is 5.13. The first-order chi connectivity index (χ1) is 15.7. The van der Waals surface area contributed by atoms with Gasteiger partial charge in [0.25, 0.3) is 0 Å². The molecule has 156 valence electrons. The van der Waals surface area contributed by atoms with Crippen LogP contribution in [0.5, 0.6) is 0 Å². The number of hydrogen-bond acceptors (Lipinski definition) is 3. The summed E-state index contributed by atoms with van der Waals surface area (Å²) in [4.78, 5) is 15.0. The van der Waals surface area contributed by atoms with Gasteiger partial charge < -0.3 is 4.74 Å². The van der Waals surface area contributed by atoms with Gasteiger partial charge in [-0.3, -0.25) is 4.90 Å². The lowest BCUT2D eigenvalue weighted by molar-refractivity contribution is -0.148. The molecule has 1 aliphatic carbocycles. The van der Waals surface area contributed by atoms with Gasteiger partial charge in [-0.05, 0) is 47.0 Å². The van der Waals surface area contributed by atoms with Gasteiger partial charge in [0, 0.05) is 35.2 Å². The van der Waals surface area contributed by atoms with E-state index < -0.39 is 5.60 Å². The van der Waals surface area contributed by atoms with Crippen LogP contribution in [-0.4, -0.2) is 35.1 Å². The van der Waals surface area contributed by atoms with E-state index in [1.807, 2.05) is 0 Å². The SMILES string of the molecule is O=C1C=C2C(C#Cc3cc4ccccc4c4ccccc34)=C[C@@H]3C[C@@]2(O1)[C@H]1CCCCN31. The lowest BCUT2D eigenvalue weighted by Gasteiger charge is -2.38. The summed E-state index contributed by atoms with van der Waals surface area (Å²) in [6.45, 7) is 1.08. The molecule has 3 heteroatoms. The number of ether oxygens (including phenoxy) is 1. The molecule has 0 saturated carbocycles. The van der Waals surface area contributed by atoms with Crippen molar-refractivity contribution in [2.45, 2.75) is 43.4 Å². The van der Waals surface area contributed by atoms with Crippen LogP contribution in [0.15, 0.2) is 77.9 Å². The molecule has 4 aliphatic rings. The van der Waals surface area contributed by atoms with E-state index in [1.165, 1.54) is 29.0 Å². The van der Waals surface area contributed by atoms with Crippen LogP contribution >= 0.6 is 0 Å². The fourth-order valence-corrected chi connectivity index (χ4v) is 6.46. The van der Waals surface area contributed by atoms with Crippen molar-refractivity contribution in [3.05, 3.63) is 83.5 Å². The lowest BCUT2D eigenvalue weighted by atomic mass is 9.77. The second kappa shape index (κ2) is 6.58. The molecular weight excluding hydrogens is 394 g/mol. The van der Waals surface area contributed by atoms with Gasteiger partial charge in [0.1, 0.15) is 0 Å². The molecule has 3 nitrogen and oxygen atoms in total. The minimum absolute atomic E-state index is 0.211. The van der Waals surface area contributed by atoms with Crippen LogP contribution < -0.4 is 0 Å². The van der Waals surface area contributed by atoms with Crippen molar-refractivity contribution in [1.29, 1.82) is 0 Å². The zero-order valence-electron chi connectivity index (χ0n) is 17.8. The minimum Gasteiger partial charge on any atom is -0.449 e. The van der Waals surface area contributed by atoms with Crippen LogP contribution in [0.4, 0.5) is 0 Å². The second-order valence-corrected chi connectivity index (χ2v) is 9.41. The van der Waals surface area contributed by atoms with Crippen molar-refractivity contribution < 1.29 is 9.53 Å². The third-order valence-electron chi connectivity index (χ3n) is 7.77. The normalized spacial score (nSPS) is 28.4. The Balaban J connectivity index is 1.38. The van der Waals surface area contributed by atoms with Crippen LogP contribution in [0.3, 0.4) is 0 Å². The summed E-state index contributed by atoms with van der Waals surface area (Å²) in [7, 11) is 0. The van der Waals surface area contributed by atoms with Crippen molar-refractivity contribution in [2.24, 2.45) is 0 Å². The van der Waals surface area contributed by atoms with Crippen molar-refractivity contribution in [2.75, 3.05) is 6.54 Å². The number of nitrogens with zero attached hydrogens (tertiary/aromatic N) is 1. The highest BCUT2D eigenvalue weighted by Gasteiger charge is 2.61. The monoisotopic (exact) mass is 417 g/mol. The number of piperidine rings is 1. The molecule has 3 atom stereocenters. The summed E-state index contributed by atoms with van der Waals surface area (Å²) in [6, 6.07) is 19.7. The van der Waals surface area contributed by atoms with Gasteiger partial charge in [-0.15, -0.1) is 0 Å². The fourth-order valence-electron chi connectivity index (χ4n) is 6.46. The molecule has 3 aliphatic heterocycles. The number of carbonyl (C=O) groups excluding carboxylic acids is 1. The van der Waals surface area contributed by atoms with E-state index in [1.54, 1.807) is 6.08 Å². The predicted molar refractivity (Wildman–Crippen MR) is 126 cm³/mol. The van der Waals surface area contributed by atoms with Gasteiger partial charge in [-0.1, -0.05) is 72.9 Å². The summed E-state index contributed by atoms with van der Waals surface area (Å²) >= 11 is 0. The van der Waals surface area contributed by atoms with E-state index >= 15 is 0 Å². The minimum atomic E-state index is -0.494. The van der Waals surface area contributed by atoms with Crippen LogP contribution in [0, 0.1) is 11.8 Å². The third-order valence-corrected chi connectivity index (χ3v) is 7.77. The topological polar surface area (TPSA) is 29.5 Å². The molecule has 3 aromatic rings. The Morgan fingerprint density at radius 3 is 2.69 bits per heavy atom. The highest BCUT2D eigenvalue weighted by atomic mass is 16.6. The third kappa shape index (κ3) is 2.45. The quantitative estimate of drug-likeness (QED) is 0.288. The zero-order chi connectivity index (χ0) is 21.3. The number of hydrogen-bond donors (Lipinski definition) is 0. The maximum atomic E-state index is 12.4. The molecule has 3 heterocycles. The van der Waals surface area contributed by atoms with Crippen LogP contribution in [0.25, 0.3) is 21.5 Å². The van der Waals surface area contributed by atoms with E-state index in [4.69, 9.17) is 4.74 Å². The van der Waals surface area contributed by atoms with Gasteiger partial charge >= 0.3 is 5.97 Å². The van der Waals surface area contributed by atoms with E-state index in [0.29, 0.717) is 6.04 Å². The highest BCUT2D eigenvalue weighted by molar-refractivity contribution is 6.10. The number of carbonyl (C=O) groups is 1. The Bertz CT molecular complexity index is 1440. The number of esters is 1. The number of rotatable bonds is 0. The maximum Gasteiger partial charge on any atom is 0.332 e. The molecule has 32 heavy (non-hydrogen) atoms. The van der Waals surface area contributed by atoms with Gasteiger partial charge in [0.05, 0.1) is 6.04 Å². The van der Waals surface area contributed by atoms with Crippen LogP contribution in [-0.2, 0) is 9.53 Å². The molecule has 1 spiro atoms. The Kier molecular flexibility index (Phi) is 3.75. The first-order valence-electron chi connectivity index (χ1n) is 11.6. The Hall–Kier alpha value is -3.35. The second-order valence-electron chi connectivity index (χ2n) is 9.41. The van der Waals surface area contributed by atoms with Crippen molar-refractivity contribution in [3.63, 3.8) is 0 Å². The number of benzene rings is 3. The molecule has 2 bridgehead atoms. The molecule has 3 aromatic carbocycles. The smallest absolute Gasteiger partial charge is 0.332 e. The molecule has 2 saturated heterocycles. The first kappa shape index (κ1) is 18.2. The standard InChI is InChI=1S/C29H23NO2/c31-28-17-26-21(16-22-18-29(26,32-28)27-11-5-6-14-30(22)27)13-12-20-15-19-7-1-2-8-23(19)25-10-4-3-9-24(20)25/h1-4,7-10,15-17,22,27H,5-6,11,14,18H2/t22-,27-,29+/m1/s1. The molecule has 0 amide bonds. The Morgan fingerprint density at radius 1 is 0.969 bits per heavy atom. The van der Waals surface area contributed by atoms with Crippen LogP contribution in [0.2, 0.25) is 0 Å². The van der Waals surface area contributed by atoms with Crippen molar-refractivity contribution >= 4 is 27.5 Å². The Labute approximate surface area is 187 Å². The van der Waals surface area contributed by atoms with E-state index in [2.05, 4.69) is 77.4 Å². The van der Waals surface area contributed by atoms with E-state index in [9.17, 15) is 4.79 Å². The van der Waals surface area contributed by atoms with Crippen molar-refractivity contribution in [3.8, 4) is 11.8 Å². The highest BCUT2D eigenvalue weighted by Crippen LogP contribution is 2.53. The molecule has 0 radical (unpaired) electrons. The van der Waals surface area contributed by atoms with E-state index in [-0.39, 0.29) is 12.0 Å². The maximum absolute atomic E-state index is 12.4.